The van der Waals surface area contributed by atoms with Crippen molar-refractivity contribution in [3.63, 3.8) is 0 Å². The number of carboxylic acid groups (broad SMARTS) is 1. The maximum Gasteiger partial charge on any atom is 0.303 e. The Balaban J connectivity index is 1.90. The van der Waals surface area contributed by atoms with Gasteiger partial charge in [0, 0.05) is 13.0 Å². The van der Waals surface area contributed by atoms with Crippen molar-refractivity contribution in [1.29, 1.82) is 0 Å². The summed E-state index contributed by atoms with van der Waals surface area (Å²) in [5.41, 5.74) is 1.20. The first-order valence-corrected chi connectivity index (χ1v) is 7.03. The molecule has 1 aliphatic rings. The molecule has 0 aromatic carbocycles. The maximum absolute atomic E-state index is 10.8. The van der Waals surface area contributed by atoms with Gasteiger partial charge in [-0.05, 0) is 49.8 Å². The van der Waals surface area contributed by atoms with Crippen LogP contribution in [0.2, 0.25) is 0 Å². The van der Waals surface area contributed by atoms with Crippen LogP contribution in [-0.2, 0) is 11.3 Å². The summed E-state index contributed by atoms with van der Waals surface area (Å²) in [6.07, 6.45) is 4.30. The van der Waals surface area contributed by atoms with Crippen molar-refractivity contribution in [3.8, 4) is 0 Å². The Morgan fingerprint density at radius 2 is 2.42 bits per heavy atom. The van der Waals surface area contributed by atoms with Gasteiger partial charge in [0.25, 0.3) is 0 Å². The molecule has 1 saturated heterocycles. The topological polar surface area (TPSA) is 53.7 Å². The van der Waals surface area contributed by atoms with Gasteiger partial charge in [-0.2, -0.15) is 0 Å². The third-order valence-electron chi connectivity index (χ3n) is 4.18. The van der Waals surface area contributed by atoms with Crippen LogP contribution in [0.4, 0.5) is 0 Å². The number of piperidine rings is 1. The largest absolute Gasteiger partial charge is 0.481 e. The second-order valence-corrected chi connectivity index (χ2v) is 5.74. The fourth-order valence-electron chi connectivity index (χ4n) is 2.91. The molecule has 4 nitrogen and oxygen atoms in total. The molecule has 106 valence electrons. The van der Waals surface area contributed by atoms with E-state index < -0.39 is 5.97 Å². The number of nitrogens with zero attached hydrogens (tertiary/aromatic N) is 1. The monoisotopic (exact) mass is 265 g/mol. The molecule has 2 unspecified atom stereocenters. The lowest BCUT2D eigenvalue weighted by Gasteiger charge is -2.35. The second-order valence-electron chi connectivity index (χ2n) is 5.74. The number of likely N-dealkylation sites (tertiary alicyclic amines) is 1. The normalized spacial score (nSPS) is 22.3. The average molecular weight is 265 g/mol. The molecular formula is C15H23NO3. The Morgan fingerprint density at radius 1 is 1.63 bits per heavy atom. The molecule has 2 atom stereocenters. The number of aliphatic carboxylic acids is 1. The quantitative estimate of drug-likeness (QED) is 0.889. The summed E-state index contributed by atoms with van der Waals surface area (Å²) in [5.74, 6) is 1.08. The van der Waals surface area contributed by atoms with Gasteiger partial charge in [-0.15, -0.1) is 0 Å². The second kappa shape index (κ2) is 6.24. The third-order valence-corrected chi connectivity index (χ3v) is 4.18. The van der Waals surface area contributed by atoms with Gasteiger partial charge < -0.3 is 9.52 Å². The van der Waals surface area contributed by atoms with Gasteiger partial charge in [0.2, 0.25) is 0 Å². The van der Waals surface area contributed by atoms with E-state index in [0.29, 0.717) is 5.92 Å². The van der Waals surface area contributed by atoms with Gasteiger partial charge in [0.15, 0.2) is 0 Å². The van der Waals surface area contributed by atoms with Crippen LogP contribution in [0.5, 0.6) is 0 Å². The number of rotatable bonds is 5. The minimum Gasteiger partial charge on any atom is -0.481 e. The summed E-state index contributed by atoms with van der Waals surface area (Å²) in [5, 5.41) is 8.90. The lowest BCUT2D eigenvalue weighted by Crippen LogP contribution is -2.37. The molecule has 0 aliphatic carbocycles. The van der Waals surface area contributed by atoms with Gasteiger partial charge in [-0.3, -0.25) is 9.69 Å². The Morgan fingerprint density at radius 3 is 3.05 bits per heavy atom. The summed E-state index contributed by atoms with van der Waals surface area (Å²) in [6.45, 7) is 7.02. The van der Waals surface area contributed by atoms with E-state index in [9.17, 15) is 4.79 Å². The van der Waals surface area contributed by atoms with Crippen LogP contribution < -0.4 is 0 Å². The van der Waals surface area contributed by atoms with E-state index in [1.807, 2.05) is 6.07 Å². The van der Waals surface area contributed by atoms with Crippen molar-refractivity contribution in [2.75, 3.05) is 13.1 Å². The smallest absolute Gasteiger partial charge is 0.303 e. The van der Waals surface area contributed by atoms with Crippen LogP contribution in [0.25, 0.3) is 0 Å². The molecule has 1 N–H and O–H groups in total. The third kappa shape index (κ3) is 3.83. The van der Waals surface area contributed by atoms with Crippen LogP contribution in [0.1, 0.15) is 37.5 Å². The highest BCUT2D eigenvalue weighted by atomic mass is 16.4. The molecule has 2 heterocycles. The molecule has 1 aromatic heterocycles. The molecule has 0 saturated carbocycles. The van der Waals surface area contributed by atoms with Crippen LogP contribution >= 0.6 is 0 Å². The summed E-state index contributed by atoms with van der Waals surface area (Å²) in [4.78, 5) is 13.2. The molecule has 0 radical (unpaired) electrons. The van der Waals surface area contributed by atoms with E-state index in [1.165, 1.54) is 5.56 Å². The van der Waals surface area contributed by atoms with Crippen LogP contribution in [0, 0.1) is 18.8 Å². The predicted octanol–water partition coefficient (Wildman–Crippen LogP) is 2.91. The Hall–Kier alpha value is -1.29. The highest BCUT2D eigenvalue weighted by Gasteiger charge is 2.26. The minimum absolute atomic E-state index is 0.248. The molecule has 1 aliphatic heterocycles. The Kier molecular flexibility index (Phi) is 4.64. The van der Waals surface area contributed by atoms with E-state index in [4.69, 9.17) is 9.52 Å². The minimum atomic E-state index is -0.688. The van der Waals surface area contributed by atoms with Crippen molar-refractivity contribution in [2.45, 2.75) is 39.7 Å². The van der Waals surface area contributed by atoms with Gasteiger partial charge in [-0.25, -0.2) is 0 Å². The molecular weight excluding hydrogens is 242 g/mol. The molecule has 1 fully saturated rings. The van der Waals surface area contributed by atoms with E-state index in [1.54, 1.807) is 6.26 Å². The van der Waals surface area contributed by atoms with Gasteiger partial charge in [0.05, 0.1) is 12.8 Å². The molecule has 1 aromatic rings. The van der Waals surface area contributed by atoms with Crippen molar-refractivity contribution in [1.82, 2.24) is 4.90 Å². The lowest BCUT2D eigenvalue weighted by atomic mass is 9.84. The summed E-state index contributed by atoms with van der Waals surface area (Å²) in [7, 11) is 0. The highest BCUT2D eigenvalue weighted by Crippen LogP contribution is 2.27. The number of furan rings is 1. The lowest BCUT2D eigenvalue weighted by molar-refractivity contribution is -0.138. The SMILES string of the molecule is Cc1ccoc1CN1CCCC(C(C)CC(=O)O)C1. The van der Waals surface area contributed by atoms with Gasteiger partial charge in [0.1, 0.15) is 5.76 Å². The van der Waals surface area contributed by atoms with E-state index in [-0.39, 0.29) is 12.3 Å². The highest BCUT2D eigenvalue weighted by molar-refractivity contribution is 5.67. The van der Waals surface area contributed by atoms with Gasteiger partial charge >= 0.3 is 5.97 Å². The van der Waals surface area contributed by atoms with Crippen molar-refractivity contribution >= 4 is 5.97 Å². The maximum atomic E-state index is 10.8. The van der Waals surface area contributed by atoms with Crippen LogP contribution in [0.3, 0.4) is 0 Å². The fourth-order valence-corrected chi connectivity index (χ4v) is 2.91. The van der Waals surface area contributed by atoms with E-state index >= 15 is 0 Å². The summed E-state index contributed by atoms with van der Waals surface area (Å²) >= 11 is 0. The standard InChI is InChI=1S/C15H23NO3/c1-11-5-7-19-14(11)10-16-6-3-4-13(9-16)12(2)8-15(17)18/h5,7,12-13H,3-4,6,8-10H2,1-2H3,(H,17,18). The zero-order valence-corrected chi connectivity index (χ0v) is 11.8. The van der Waals surface area contributed by atoms with Crippen molar-refractivity contribution < 1.29 is 14.3 Å². The van der Waals surface area contributed by atoms with Crippen LogP contribution in [0.15, 0.2) is 16.7 Å². The van der Waals surface area contributed by atoms with Crippen LogP contribution in [-0.4, -0.2) is 29.1 Å². The first kappa shape index (κ1) is 14.1. The zero-order valence-electron chi connectivity index (χ0n) is 11.8. The Labute approximate surface area is 114 Å². The molecule has 0 spiro atoms. The molecule has 2 rings (SSSR count). The van der Waals surface area contributed by atoms with E-state index in [0.717, 1.165) is 38.2 Å². The average Bonchev–Trinajstić information content (AvgIpc) is 2.75. The predicted molar refractivity (Wildman–Crippen MR) is 72.9 cm³/mol. The van der Waals surface area contributed by atoms with Crippen molar-refractivity contribution in [3.05, 3.63) is 23.7 Å². The summed E-state index contributed by atoms with van der Waals surface area (Å²) < 4.78 is 5.49. The molecule has 0 bridgehead atoms. The van der Waals surface area contributed by atoms with E-state index in [2.05, 4.69) is 18.7 Å². The molecule has 19 heavy (non-hydrogen) atoms. The Bertz CT molecular complexity index is 427. The zero-order chi connectivity index (χ0) is 13.8. The molecule has 4 heteroatoms. The van der Waals surface area contributed by atoms with Gasteiger partial charge in [-0.1, -0.05) is 6.92 Å². The molecule has 0 amide bonds. The fraction of sp³-hybridized carbons (Fsp3) is 0.667. The first-order valence-electron chi connectivity index (χ1n) is 7.03. The number of hydrogen-bond acceptors (Lipinski definition) is 3. The summed E-state index contributed by atoms with van der Waals surface area (Å²) in [6, 6.07) is 1.99. The van der Waals surface area contributed by atoms with Crippen molar-refractivity contribution in [2.24, 2.45) is 11.8 Å². The number of aryl methyl sites for hydroxylation is 1. The number of hydrogen-bond donors (Lipinski definition) is 1. The number of carbonyl (C=O) groups is 1. The number of carboxylic acids is 1. The first-order chi connectivity index (χ1) is 9.06.